The van der Waals surface area contributed by atoms with Crippen molar-refractivity contribution in [1.82, 2.24) is 9.97 Å². The lowest BCUT2D eigenvalue weighted by Crippen LogP contribution is -2.13. The average Bonchev–Trinajstić information content (AvgIpc) is 2.83. The average molecular weight is 320 g/mol. The van der Waals surface area contributed by atoms with E-state index in [1.165, 1.54) is 0 Å². The molecule has 3 rings (SSSR count). The van der Waals surface area contributed by atoms with Gasteiger partial charge in [0.25, 0.3) is 0 Å². The second-order valence-corrected chi connectivity index (χ2v) is 5.70. The Hall–Kier alpha value is -1.30. The first kappa shape index (κ1) is 11.8. The van der Waals surface area contributed by atoms with Crippen LogP contribution in [0.1, 0.15) is 16.6 Å². The second-order valence-electron chi connectivity index (χ2n) is 3.89. The van der Waals surface area contributed by atoms with Gasteiger partial charge in [-0.1, -0.05) is 12.1 Å². The number of benzene rings is 1. The summed E-state index contributed by atoms with van der Waals surface area (Å²) in [5.41, 5.74) is 8.78. The molecule has 1 atom stereocenters. The molecule has 0 radical (unpaired) electrons. The summed E-state index contributed by atoms with van der Waals surface area (Å²) in [5, 5.41) is 2.01. The highest BCUT2D eigenvalue weighted by Crippen LogP contribution is 2.30. The maximum atomic E-state index is 6.23. The Morgan fingerprint density at radius 3 is 2.67 bits per heavy atom. The lowest BCUT2D eigenvalue weighted by molar-refractivity contribution is 0.842. The van der Waals surface area contributed by atoms with Crippen molar-refractivity contribution in [2.75, 3.05) is 0 Å². The third kappa shape index (κ3) is 2.05. The van der Waals surface area contributed by atoms with Crippen molar-refractivity contribution in [1.29, 1.82) is 0 Å². The highest BCUT2D eigenvalue weighted by Gasteiger charge is 2.15. The van der Waals surface area contributed by atoms with Crippen LogP contribution in [0, 0.1) is 0 Å². The first-order chi connectivity index (χ1) is 8.75. The molecule has 0 bridgehead atoms. The van der Waals surface area contributed by atoms with E-state index in [0.29, 0.717) is 0 Å². The lowest BCUT2D eigenvalue weighted by atomic mass is 10.2. The van der Waals surface area contributed by atoms with Crippen molar-refractivity contribution < 1.29 is 0 Å². The molecule has 0 saturated carbocycles. The summed E-state index contributed by atoms with van der Waals surface area (Å²) in [6, 6.07) is 9.55. The second kappa shape index (κ2) is 4.76. The zero-order chi connectivity index (χ0) is 12.5. The third-order valence-electron chi connectivity index (χ3n) is 2.71. The summed E-state index contributed by atoms with van der Waals surface area (Å²) in [6.45, 7) is 0. The Morgan fingerprint density at radius 1 is 1.17 bits per heavy atom. The van der Waals surface area contributed by atoms with Gasteiger partial charge in [0.15, 0.2) is 0 Å². The van der Waals surface area contributed by atoms with Crippen LogP contribution >= 0.6 is 27.3 Å². The number of halogens is 1. The minimum absolute atomic E-state index is 0.239. The van der Waals surface area contributed by atoms with Gasteiger partial charge in [-0.2, -0.15) is 0 Å². The van der Waals surface area contributed by atoms with Gasteiger partial charge in [0.05, 0.1) is 29.0 Å². The van der Waals surface area contributed by atoms with Crippen LogP contribution in [0.5, 0.6) is 0 Å². The van der Waals surface area contributed by atoms with Crippen LogP contribution in [0.4, 0.5) is 0 Å². The smallest absolute Gasteiger partial charge is 0.0891 e. The van der Waals surface area contributed by atoms with E-state index in [0.717, 1.165) is 26.1 Å². The molecule has 0 aliphatic carbocycles. The summed E-state index contributed by atoms with van der Waals surface area (Å²) < 4.78 is 1.02. The van der Waals surface area contributed by atoms with Gasteiger partial charge in [-0.05, 0) is 39.5 Å². The van der Waals surface area contributed by atoms with Crippen LogP contribution in [-0.4, -0.2) is 9.97 Å². The number of hydrogen-bond donors (Lipinski definition) is 1. The molecule has 2 N–H and O–H groups in total. The molecule has 0 saturated heterocycles. The van der Waals surface area contributed by atoms with E-state index in [4.69, 9.17) is 5.73 Å². The zero-order valence-electron chi connectivity index (χ0n) is 9.38. The van der Waals surface area contributed by atoms with Crippen molar-refractivity contribution in [2.24, 2.45) is 5.73 Å². The maximum Gasteiger partial charge on any atom is 0.0891 e. The molecule has 0 aliphatic heterocycles. The first-order valence-electron chi connectivity index (χ1n) is 5.46. The fourth-order valence-corrected chi connectivity index (χ4v) is 3.42. The molecule has 2 aromatic heterocycles. The van der Waals surface area contributed by atoms with Crippen molar-refractivity contribution in [3.05, 3.63) is 57.0 Å². The molecule has 0 amide bonds. The topological polar surface area (TPSA) is 51.8 Å². The molecular formula is C13H10BrN3S. The summed E-state index contributed by atoms with van der Waals surface area (Å²) in [6.07, 6.45) is 1.75. The van der Waals surface area contributed by atoms with Gasteiger partial charge in [0.1, 0.15) is 0 Å². The molecule has 0 aliphatic rings. The highest BCUT2D eigenvalue weighted by molar-refractivity contribution is 9.10. The van der Waals surface area contributed by atoms with Crippen LogP contribution in [0.25, 0.3) is 11.0 Å². The third-order valence-corrected chi connectivity index (χ3v) is 4.67. The minimum Gasteiger partial charge on any atom is -0.318 e. The van der Waals surface area contributed by atoms with Crippen molar-refractivity contribution in [3.63, 3.8) is 0 Å². The number of para-hydroxylation sites is 2. The normalized spacial score (nSPS) is 12.8. The van der Waals surface area contributed by atoms with Crippen LogP contribution in [0.15, 0.2) is 46.4 Å². The molecule has 1 unspecified atom stereocenters. The Kier molecular flexibility index (Phi) is 3.11. The highest BCUT2D eigenvalue weighted by atomic mass is 79.9. The van der Waals surface area contributed by atoms with Gasteiger partial charge in [0, 0.05) is 9.35 Å². The monoisotopic (exact) mass is 319 g/mol. The SMILES string of the molecule is NC(c1cnc2ccccc2n1)c1sccc1Br. The summed E-state index contributed by atoms with van der Waals surface area (Å²) in [4.78, 5) is 10.0. The molecule has 90 valence electrons. The number of fused-ring (bicyclic) bond motifs is 1. The Morgan fingerprint density at radius 2 is 1.94 bits per heavy atom. The van der Waals surface area contributed by atoms with E-state index < -0.39 is 0 Å². The number of hydrogen-bond acceptors (Lipinski definition) is 4. The number of thiophene rings is 1. The molecule has 3 nitrogen and oxygen atoms in total. The maximum absolute atomic E-state index is 6.23. The molecule has 2 heterocycles. The standard InChI is InChI=1S/C13H10BrN3S/c14-8-5-6-18-13(8)12(15)11-7-16-9-3-1-2-4-10(9)17-11/h1-7,12H,15H2. The van der Waals surface area contributed by atoms with Crippen molar-refractivity contribution in [3.8, 4) is 0 Å². The molecule has 0 fully saturated rings. The van der Waals surface area contributed by atoms with E-state index in [2.05, 4.69) is 25.9 Å². The Bertz CT molecular complexity index is 695. The van der Waals surface area contributed by atoms with E-state index in [1.807, 2.05) is 35.7 Å². The lowest BCUT2D eigenvalue weighted by Gasteiger charge is -2.10. The van der Waals surface area contributed by atoms with E-state index in [-0.39, 0.29) is 6.04 Å². The fourth-order valence-electron chi connectivity index (χ4n) is 1.78. The van der Waals surface area contributed by atoms with Crippen molar-refractivity contribution in [2.45, 2.75) is 6.04 Å². The molecule has 1 aromatic carbocycles. The van der Waals surface area contributed by atoms with Crippen LogP contribution in [0.3, 0.4) is 0 Å². The van der Waals surface area contributed by atoms with Crippen molar-refractivity contribution >= 4 is 38.3 Å². The molecule has 5 heteroatoms. The molecule has 18 heavy (non-hydrogen) atoms. The van der Waals surface area contributed by atoms with E-state index in [1.54, 1.807) is 17.5 Å². The molecule has 0 spiro atoms. The number of nitrogens with zero attached hydrogens (tertiary/aromatic N) is 2. The van der Waals surface area contributed by atoms with Gasteiger partial charge in [0.2, 0.25) is 0 Å². The quantitative estimate of drug-likeness (QED) is 0.786. The fraction of sp³-hybridized carbons (Fsp3) is 0.0769. The summed E-state index contributed by atoms with van der Waals surface area (Å²) >= 11 is 5.11. The molecule has 3 aromatic rings. The van der Waals surface area contributed by atoms with E-state index in [9.17, 15) is 0 Å². The zero-order valence-corrected chi connectivity index (χ0v) is 11.8. The predicted octanol–water partition coefficient (Wildman–Crippen LogP) is 3.50. The largest absolute Gasteiger partial charge is 0.318 e. The Balaban J connectivity index is 2.07. The summed E-state index contributed by atoms with van der Waals surface area (Å²) in [7, 11) is 0. The number of rotatable bonds is 2. The first-order valence-corrected chi connectivity index (χ1v) is 7.13. The van der Waals surface area contributed by atoms with Gasteiger partial charge >= 0.3 is 0 Å². The summed E-state index contributed by atoms with van der Waals surface area (Å²) in [5.74, 6) is 0. The predicted molar refractivity (Wildman–Crippen MR) is 77.6 cm³/mol. The van der Waals surface area contributed by atoms with Gasteiger partial charge in [-0.25, -0.2) is 4.98 Å². The Labute approximate surface area is 117 Å². The van der Waals surface area contributed by atoms with E-state index >= 15 is 0 Å². The number of nitrogens with two attached hydrogens (primary N) is 1. The van der Waals surface area contributed by atoms with Gasteiger partial charge in [-0.15, -0.1) is 11.3 Å². The molecular weight excluding hydrogens is 310 g/mol. The van der Waals surface area contributed by atoms with Gasteiger partial charge in [-0.3, -0.25) is 4.98 Å². The minimum atomic E-state index is -0.239. The van der Waals surface area contributed by atoms with Crippen LogP contribution in [-0.2, 0) is 0 Å². The van der Waals surface area contributed by atoms with Gasteiger partial charge < -0.3 is 5.73 Å². The number of aromatic nitrogens is 2. The van der Waals surface area contributed by atoms with Crippen LogP contribution in [0.2, 0.25) is 0 Å². The van der Waals surface area contributed by atoms with Crippen LogP contribution < -0.4 is 5.73 Å².